The van der Waals surface area contributed by atoms with Crippen LogP contribution in [0.3, 0.4) is 0 Å². The molecule has 1 atom stereocenters. The van der Waals surface area contributed by atoms with Crippen molar-refractivity contribution in [3.8, 4) is 0 Å². The number of sulfonamides is 1. The fraction of sp³-hybridized carbons (Fsp3) is 0.185. The Morgan fingerprint density at radius 1 is 0.943 bits per heavy atom. The maximum Gasteiger partial charge on any atom is 0.257 e. The zero-order chi connectivity index (χ0) is 25.3. The molecule has 0 saturated heterocycles. The Hall–Kier alpha value is -3.23. The molecule has 0 aliphatic heterocycles. The summed E-state index contributed by atoms with van der Waals surface area (Å²) in [5, 5.41) is 0.936. The fourth-order valence-corrected chi connectivity index (χ4v) is 4.66. The molecular formula is C27H27BrN2O4S. The minimum absolute atomic E-state index is 0.160. The Labute approximate surface area is 214 Å². The maximum atomic E-state index is 13.5. The Balaban J connectivity index is 1.82. The molecule has 3 aromatic rings. The van der Waals surface area contributed by atoms with Crippen molar-refractivity contribution in [3.63, 3.8) is 0 Å². The molecule has 0 aliphatic rings. The van der Waals surface area contributed by atoms with Crippen LogP contribution >= 0.6 is 15.9 Å². The van der Waals surface area contributed by atoms with Crippen molar-refractivity contribution in [1.29, 1.82) is 0 Å². The van der Waals surface area contributed by atoms with Gasteiger partial charge in [-0.1, -0.05) is 76.6 Å². The number of para-hydroxylation sites is 1. The molecule has 3 rings (SSSR count). The van der Waals surface area contributed by atoms with Crippen LogP contribution < -0.4 is 9.62 Å². The van der Waals surface area contributed by atoms with Crippen molar-refractivity contribution in [1.82, 2.24) is 4.72 Å². The van der Waals surface area contributed by atoms with Crippen molar-refractivity contribution >= 4 is 49.5 Å². The van der Waals surface area contributed by atoms with E-state index in [9.17, 15) is 18.0 Å². The second kappa shape index (κ2) is 12.5. The number of hydrogen-bond donors (Lipinski definition) is 1. The largest absolute Gasteiger partial charge is 0.312 e. The van der Waals surface area contributed by atoms with Crippen LogP contribution in [-0.4, -0.2) is 26.8 Å². The molecule has 1 unspecified atom stereocenters. The number of carbonyl (C=O) groups is 2. The van der Waals surface area contributed by atoms with E-state index >= 15 is 0 Å². The van der Waals surface area contributed by atoms with Gasteiger partial charge in [0, 0.05) is 16.7 Å². The van der Waals surface area contributed by atoms with E-state index < -0.39 is 27.8 Å². The summed E-state index contributed by atoms with van der Waals surface area (Å²) in [4.78, 5) is 28.2. The molecule has 0 spiro atoms. The van der Waals surface area contributed by atoms with Gasteiger partial charge < -0.3 is 4.90 Å². The Kier molecular flexibility index (Phi) is 9.39. The van der Waals surface area contributed by atoms with Crippen molar-refractivity contribution in [2.45, 2.75) is 19.8 Å². The van der Waals surface area contributed by atoms with Gasteiger partial charge in [0.1, 0.15) is 5.92 Å². The lowest BCUT2D eigenvalue weighted by Gasteiger charge is -2.26. The van der Waals surface area contributed by atoms with Gasteiger partial charge in [-0.3, -0.25) is 9.59 Å². The minimum atomic E-state index is -4.10. The number of hydrogen-bond acceptors (Lipinski definition) is 4. The summed E-state index contributed by atoms with van der Waals surface area (Å²) >= 11 is 3.39. The summed E-state index contributed by atoms with van der Waals surface area (Å²) in [6.45, 7) is 2.15. The standard InChI is InChI=1S/C27H27BrN2O4S/c1-2-30(24-11-7-4-8-12-24)27(32)25(18-15-22-13-16-23(28)17-14-22)26(31)29-35(33,34)20-19-21-9-5-3-6-10-21/h3-14,16-17,19-20,25H,2,15,18H2,1H3,(H,29,31)/b20-19+. The average Bonchev–Trinajstić information content (AvgIpc) is 2.85. The monoisotopic (exact) mass is 554 g/mol. The first-order valence-corrected chi connectivity index (χ1v) is 13.5. The molecule has 2 amide bonds. The first-order valence-electron chi connectivity index (χ1n) is 11.2. The zero-order valence-electron chi connectivity index (χ0n) is 19.3. The molecule has 0 aliphatic carbocycles. The topological polar surface area (TPSA) is 83.6 Å². The van der Waals surface area contributed by atoms with E-state index in [1.807, 2.05) is 43.3 Å². The van der Waals surface area contributed by atoms with Gasteiger partial charge in [0.05, 0.1) is 5.41 Å². The summed E-state index contributed by atoms with van der Waals surface area (Å²) < 4.78 is 28.2. The smallest absolute Gasteiger partial charge is 0.257 e. The van der Waals surface area contributed by atoms with E-state index in [0.717, 1.165) is 15.4 Å². The van der Waals surface area contributed by atoms with E-state index in [4.69, 9.17) is 0 Å². The molecule has 6 nitrogen and oxygen atoms in total. The molecule has 0 fully saturated rings. The predicted octanol–water partition coefficient (Wildman–Crippen LogP) is 5.17. The normalized spacial score (nSPS) is 12.3. The molecule has 1 N–H and O–H groups in total. The van der Waals surface area contributed by atoms with Crippen molar-refractivity contribution in [2.75, 3.05) is 11.4 Å². The third kappa shape index (κ3) is 7.90. The number of nitrogens with one attached hydrogen (secondary N) is 1. The maximum absolute atomic E-state index is 13.5. The van der Waals surface area contributed by atoms with Crippen LogP contribution in [0.2, 0.25) is 0 Å². The number of carbonyl (C=O) groups excluding carboxylic acids is 2. The van der Waals surface area contributed by atoms with Crippen LogP contribution in [0.1, 0.15) is 24.5 Å². The van der Waals surface area contributed by atoms with Gasteiger partial charge in [-0.05, 0) is 61.2 Å². The van der Waals surface area contributed by atoms with E-state index in [2.05, 4.69) is 20.7 Å². The molecule has 182 valence electrons. The van der Waals surface area contributed by atoms with Crippen molar-refractivity contribution in [2.24, 2.45) is 5.92 Å². The lowest BCUT2D eigenvalue weighted by Crippen LogP contribution is -2.45. The molecular weight excluding hydrogens is 528 g/mol. The van der Waals surface area contributed by atoms with Crippen LogP contribution in [0, 0.1) is 5.92 Å². The van der Waals surface area contributed by atoms with Gasteiger partial charge in [-0.2, -0.15) is 0 Å². The molecule has 0 bridgehead atoms. The minimum Gasteiger partial charge on any atom is -0.312 e. The summed E-state index contributed by atoms with van der Waals surface area (Å²) in [5.74, 6) is -2.48. The number of aryl methyl sites for hydroxylation is 1. The Morgan fingerprint density at radius 3 is 2.14 bits per heavy atom. The van der Waals surface area contributed by atoms with Crippen LogP contribution in [0.5, 0.6) is 0 Å². The average molecular weight is 555 g/mol. The molecule has 8 heteroatoms. The molecule has 0 radical (unpaired) electrons. The van der Waals surface area contributed by atoms with Gasteiger partial charge in [-0.25, -0.2) is 13.1 Å². The van der Waals surface area contributed by atoms with Crippen molar-refractivity contribution < 1.29 is 18.0 Å². The molecule has 3 aromatic carbocycles. The molecule has 35 heavy (non-hydrogen) atoms. The van der Waals surface area contributed by atoms with E-state index in [-0.39, 0.29) is 6.42 Å². The first kappa shape index (κ1) is 26.4. The van der Waals surface area contributed by atoms with E-state index in [1.165, 1.54) is 11.0 Å². The highest BCUT2D eigenvalue weighted by atomic mass is 79.9. The zero-order valence-corrected chi connectivity index (χ0v) is 21.7. The number of halogens is 1. The van der Waals surface area contributed by atoms with Gasteiger partial charge in [-0.15, -0.1) is 0 Å². The second-order valence-corrected chi connectivity index (χ2v) is 10.3. The fourth-order valence-electron chi connectivity index (χ4n) is 3.57. The number of benzene rings is 3. The third-order valence-electron chi connectivity index (χ3n) is 5.38. The van der Waals surface area contributed by atoms with Crippen LogP contribution in [0.15, 0.2) is 94.8 Å². The summed E-state index contributed by atoms with van der Waals surface area (Å²) in [6, 6.07) is 25.5. The van der Waals surface area contributed by atoms with Gasteiger partial charge in [0.25, 0.3) is 10.0 Å². The highest BCUT2D eigenvalue weighted by Crippen LogP contribution is 2.21. The van der Waals surface area contributed by atoms with Gasteiger partial charge >= 0.3 is 0 Å². The summed E-state index contributed by atoms with van der Waals surface area (Å²) in [6.07, 6.45) is 1.99. The highest BCUT2D eigenvalue weighted by molar-refractivity contribution is 9.10. The van der Waals surface area contributed by atoms with Gasteiger partial charge in [0.15, 0.2) is 0 Å². The summed E-state index contributed by atoms with van der Waals surface area (Å²) in [7, 11) is -4.10. The molecule has 0 heterocycles. The third-order valence-corrected chi connectivity index (χ3v) is 6.89. The Bertz CT molecular complexity index is 1260. The first-order chi connectivity index (χ1) is 16.8. The van der Waals surface area contributed by atoms with Gasteiger partial charge in [0.2, 0.25) is 11.8 Å². The second-order valence-electron chi connectivity index (χ2n) is 7.86. The van der Waals surface area contributed by atoms with Crippen molar-refractivity contribution in [3.05, 3.63) is 106 Å². The number of nitrogens with zero attached hydrogens (tertiary/aromatic N) is 1. The number of amides is 2. The van der Waals surface area contributed by atoms with E-state index in [0.29, 0.717) is 24.2 Å². The lowest BCUT2D eigenvalue weighted by molar-refractivity contribution is -0.132. The van der Waals surface area contributed by atoms with Crippen LogP contribution in [0.25, 0.3) is 6.08 Å². The van der Waals surface area contributed by atoms with Crippen LogP contribution in [-0.2, 0) is 26.0 Å². The predicted molar refractivity (Wildman–Crippen MR) is 143 cm³/mol. The highest BCUT2D eigenvalue weighted by Gasteiger charge is 2.32. The quantitative estimate of drug-likeness (QED) is 0.350. The Morgan fingerprint density at radius 2 is 1.54 bits per heavy atom. The SMILES string of the molecule is CCN(C(=O)C(CCc1ccc(Br)cc1)C(=O)NS(=O)(=O)/C=C/c1ccccc1)c1ccccc1. The molecule has 0 aromatic heterocycles. The molecule has 0 saturated carbocycles. The number of rotatable bonds is 10. The van der Waals surface area contributed by atoms with E-state index in [1.54, 1.807) is 48.5 Å². The number of anilines is 1. The lowest BCUT2D eigenvalue weighted by atomic mass is 9.97. The summed E-state index contributed by atoms with van der Waals surface area (Å²) in [5.41, 5.74) is 2.26. The van der Waals surface area contributed by atoms with Crippen LogP contribution in [0.4, 0.5) is 5.69 Å².